The number of thiocarbonyl (C=S) groups is 1. The third-order valence-electron chi connectivity index (χ3n) is 5.76. The summed E-state index contributed by atoms with van der Waals surface area (Å²) in [6.07, 6.45) is 5.47. The van der Waals surface area contributed by atoms with E-state index in [-0.39, 0.29) is 12.1 Å². The van der Waals surface area contributed by atoms with E-state index in [1.807, 2.05) is 60.9 Å². The van der Waals surface area contributed by atoms with Crippen molar-refractivity contribution in [3.05, 3.63) is 102 Å². The van der Waals surface area contributed by atoms with E-state index < -0.39 is 0 Å². The standard InChI is InChI=1S/C25H23N5OS/c1-17-12-13-21(29(17)18-8-7-14-26-16-18)24-23(19-9-5-6-15-27-19)28-25(32)30(24)20-10-3-4-11-22(20)31-2/h3-16,23-24H,1-2H3,(H,28,32)/t23-,24+/m1/s1. The van der Waals surface area contributed by atoms with Crippen LogP contribution in [0, 0.1) is 6.92 Å². The summed E-state index contributed by atoms with van der Waals surface area (Å²) in [5.74, 6) is 0.763. The lowest BCUT2D eigenvalue weighted by molar-refractivity contribution is 0.414. The maximum absolute atomic E-state index is 5.86. The van der Waals surface area contributed by atoms with E-state index in [1.54, 1.807) is 13.3 Å². The number of pyridine rings is 2. The van der Waals surface area contributed by atoms with E-state index in [0.717, 1.165) is 34.2 Å². The lowest BCUT2D eigenvalue weighted by atomic mass is 10.0. The summed E-state index contributed by atoms with van der Waals surface area (Å²) < 4.78 is 7.92. The summed E-state index contributed by atoms with van der Waals surface area (Å²) in [6.45, 7) is 2.10. The molecule has 1 fully saturated rings. The fraction of sp³-hybridized carbons (Fsp3) is 0.160. The first kappa shape index (κ1) is 20.2. The molecule has 32 heavy (non-hydrogen) atoms. The minimum Gasteiger partial charge on any atom is -0.495 e. The van der Waals surface area contributed by atoms with E-state index in [0.29, 0.717) is 5.11 Å². The van der Waals surface area contributed by atoms with Crippen molar-refractivity contribution in [1.82, 2.24) is 19.9 Å². The van der Waals surface area contributed by atoms with Crippen molar-refractivity contribution in [2.75, 3.05) is 12.0 Å². The number of hydrogen-bond acceptors (Lipinski definition) is 4. The van der Waals surface area contributed by atoms with Gasteiger partial charge < -0.3 is 19.5 Å². The number of aryl methyl sites for hydroxylation is 1. The summed E-state index contributed by atoms with van der Waals surface area (Å²) in [5, 5.41) is 4.15. The van der Waals surface area contributed by atoms with Gasteiger partial charge in [-0.25, -0.2) is 0 Å². The van der Waals surface area contributed by atoms with Crippen LogP contribution in [0.15, 0.2) is 85.3 Å². The van der Waals surface area contributed by atoms with Gasteiger partial charge in [0.25, 0.3) is 0 Å². The van der Waals surface area contributed by atoms with Gasteiger partial charge in [-0.05, 0) is 67.7 Å². The van der Waals surface area contributed by atoms with E-state index in [9.17, 15) is 0 Å². The summed E-state index contributed by atoms with van der Waals surface area (Å²) >= 11 is 5.86. The van der Waals surface area contributed by atoms with Gasteiger partial charge in [-0.1, -0.05) is 18.2 Å². The first-order chi connectivity index (χ1) is 15.7. The second-order valence-corrected chi connectivity index (χ2v) is 8.00. The zero-order valence-electron chi connectivity index (χ0n) is 17.8. The number of nitrogens with one attached hydrogen (secondary N) is 1. The molecule has 1 aliphatic rings. The molecule has 7 heteroatoms. The zero-order valence-corrected chi connectivity index (χ0v) is 18.7. The number of methoxy groups -OCH3 is 1. The molecule has 4 heterocycles. The topological polar surface area (TPSA) is 55.2 Å². The number of benzene rings is 1. The van der Waals surface area contributed by atoms with Gasteiger partial charge in [0, 0.05) is 23.8 Å². The Morgan fingerprint density at radius 2 is 1.81 bits per heavy atom. The summed E-state index contributed by atoms with van der Waals surface area (Å²) in [5.41, 5.74) is 5.04. The van der Waals surface area contributed by atoms with E-state index in [1.165, 1.54) is 0 Å². The van der Waals surface area contributed by atoms with Crippen LogP contribution in [0.4, 0.5) is 5.69 Å². The number of aromatic nitrogens is 3. The number of hydrogen-bond donors (Lipinski definition) is 1. The molecule has 160 valence electrons. The molecule has 6 nitrogen and oxygen atoms in total. The normalized spacial score (nSPS) is 17.9. The Labute approximate surface area is 192 Å². The van der Waals surface area contributed by atoms with Crippen LogP contribution in [0.1, 0.15) is 29.2 Å². The van der Waals surface area contributed by atoms with Crippen molar-refractivity contribution >= 4 is 23.0 Å². The molecule has 2 atom stereocenters. The molecule has 1 aliphatic heterocycles. The van der Waals surface area contributed by atoms with Crippen LogP contribution >= 0.6 is 12.2 Å². The number of para-hydroxylation sites is 2. The molecule has 3 aromatic heterocycles. The predicted octanol–water partition coefficient (Wildman–Crippen LogP) is 4.76. The number of nitrogens with zero attached hydrogens (tertiary/aromatic N) is 4. The molecule has 0 saturated carbocycles. The van der Waals surface area contributed by atoms with Crippen molar-refractivity contribution in [2.45, 2.75) is 19.0 Å². The lowest BCUT2D eigenvalue weighted by Gasteiger charge is -2.30. The third kappa shape index (κ3) is 3.40. The minimum atomic E-state index is -0.150. The van der Waals surface area contributed by atoms with Crippen molar-refractivity contribution < 1.29 is 4.74 Å². The van der Waals surface area contributed by atoms with Crippen LogP contribution in [0.5, 0.6) is 5.75 Å². The van der Waals surface area contributed by atoms with Gasteiger partial charge in [-0.15, -0.1) is 0 Å². The smallest absolute Gasteiger partial charge is 0.174 e. The van der Waals surface area contributed by atoms with Crippen molar-refractivity contribution in [3.8, 4) is 11.4 Å². The number of anilines is 1. The second kappa shape index (κ2) is 8.43. The highest BCUT2D eigenvalue weighted by Gasteiger charge is 2.43. The Balaban J connectivity index is 1.72. The average Bonchev–Trinajstić information content (AvgIpc) is 3.39. The lowest BCUT2D eigenvalue weighted by Crippen LogP contribution is -2.30. The van der Waals surface area contributed by atoms with Gasteiger partial charge in [0.2, 0.25) is 0 Å². The summed E-state index contributed by atoms with van der Waals surface area (Å²) in [6, 6.07) is 21.9. The van der Waals surface area contributed by atoms with Crippen LogP contribution < -0.4 is 15.0 Å². The fourth-order valence-corrected chi connectivity index (χ4v) is 4.71. The molecule has 0 aliphatic carbocycles. The van der Waals surface area contributed by atoms with Crippen molar-refractivity contribution in [2.24, 2.45) is 0 Å². The molecular formula is C25H23N5OS. The Morgan fingerprint density at radius 3 is 2.56 bits per heavy atom. The minimum absolute atomic E-state index is 0.140. The Morgan fingerprint density at radius 1 is 0.969 bits per heavy atom. The number of rotatable bonds is 5. The fourth-order valence-electron chi connectivity index (χ4n) is 4.37. The number of ether oxygens (including phenoxy) is 1. The molecule has 0 radical (unpaired) electrons. The van der Waals surface area contributed by atoms with Gasteiger partial charge in [-0.3, -0.25) is 9.97 Å². The van der Waals surface area contributed by atoms with E-state index in [2.05, 4.69) is 49.9 Å². The van der Waals surface area contributed by atoms with E-state index in [4.69, 9.17) is 17.0 Å². The van der Waals surface area contributed by atoms with Crippen LogP contribution in [-0.2, 0) is 0 Å². The molecular weight excluding hydrogens is 418 g/mol. The third-order valence-corrected chi connectivity index (χ3v) is 6.07. The molecule has 1 saturated heterocycles. The van der Waals surface area contributed by atoms with Crippen molar-refractivity contribution in [3.63, 3.8) is 0 Å². The molecule has 0 unspecified atom stereocenters. The maximum Gasteiger partial charge on any atom is 0.174 e. The van der Waals surface area contributed by atoms with Gasteiger partial charge in [-0.2, -0.15) is 0 Å². The maximum atomic E-state index is 5.86. The Bertz CT molecular complexity index is 1240. The zero-order chi connectivity index (χ0) is 22.1. The molecule has 5 rings (SSSR count). The highest BCUT2D eigenvalue weighted by atomic mass is 32.1. The first-order valence-electron chi connectivity index (χ1n) is 10.4. The quantitative estimate of drug-likeness (QED) is 0.451. The molecule has 1 N–H and O–H groups in total. The monoisotopic (exact) mass is 441 g/mol. The van der Waals surface area contributed by atoms with Crippen LogP contribution in [0.3, 0.4) is 0 Å². The molecule has 0 amide bonds. The first-order valence-corrected chi connectivity index (χ1v) is 10.8. The Hall–Kier alpha value is -3.71. The average molecular weight is 442 g/mol. The largest absolute Gasteiger partial charge is 0.495 e. The summed E-state index contributed by atoms with van der Waals surface area (Å²) in [4.78, 5) is 11.1. The highest BCUT2D eigenvalue weighted by Crippen LogP contribution is 2.45. The highest BCUT2D eigenvalue weighted by molar-refractivity contribution is 7.80. The van der Waals surface area contributed by atoms with Gasteiger partial charge >= 0.3 is 0 Å². The predicted molar refractivity (Wildman–Crippen MR) is 129 cm³/mol. The molecule has 0 bridgehead atoms. The van der Waals surface area contributed by atoms with Gasteiger partial charge in [0.15, 0.2) is 5.11 Å². The SMILES string of the molecule is COc1ccccc1N1C(=S)N[C@H](c2ccccn2)[C@@H]1c1ccc(C)n1-c1cccnc1. The summed E-state index contributed by atoms with van der Waals surface area (Å²) in [7, 11) is 1.68. The molecule has 0 spiro atoms. The molecule has 1 aromatic carbocycles. The Kier molecular flexibility index (Phi) is 5.33. The van der Waals surface area contributed by atoms with Crippen molar-refractivity contribution in [1.29, 1.82) is 0 Å². The second-order valence-electron chi connectivity index (χ2n) is 7.61. The van der Waals surface area contributed by atoms with E-state index >= 15 is 0 Å². The van der Waals surface area contributed by atoms with Crippen LogP contribution in [0.2, 0.25) is 0 Å². The van der Waals surface area contributed by atoms with Gasteiger partial charge in [0.1, 0.15) is 11.8 Å². The van der Waals surface area contributed by atoms with Crippen LogP contribution in [-0.4, -0.2) is 26.8 Å². The van der Waals surface area contributed by atoms with Crippen LogP contribution in [0.25, 0.3) is 5.69 Å². The van der Waals surface area contributed by atoms with Gasteiger partial charge in [0.05, 0.1) is 36.4 Å². The molecule has 4 aromatic rings.